The number of benzene rings is 2. The molecule has 4 rings (SSSR count). The standard InChI is InChI=1S/C28H31N3O3/c1-21-20-31(28(32)30-25-8-5-13-29-19-25)14-11-24(21)16-23-7-4-10-27(18-23)34-15-12-22-6-3-9-26(17-22)33-2/h3-10,13,16-19,21H,11-12,14-15,20H2,1-2H3,(H,30,32). The first-order chi connectivity index (χ1) is 16.6. The van der Waals surface area contributed by atoms with Crippen molar-refractivity contribution in [1.29, 1.82) is 0 Å². The molecule has 1 atom stereocenters. The van der Waals surface area contributed by atoms with Gasteiger partial charge in [-0.05, 0) is 59.9 Å². The van der Waals surface area contributed by atoms with Crippen molar-refractivity contribution in [2.75, 3.05) is 32.1 Å². The first-order valence-electron chi connectivity index (χ1n) is 11.6. The van der Waals surface area contributed by atoms with Gasteiger partial charge in [-0.25, -0.2) is 4.79 Å². The van der Waals surface area contributed by atoms with Crippen LogP contribution in [0.5, 0.6) is 11.5 Å². The summed E-state index contributed by atoms with van der Waals surface area (Å²) >= 11 is 0. The number of hydrogen-bond acceptors (Lipinski definition) is 4. The van der Waals surface area contributed by atoms with Gasteiger partial charge < -0.3 is 19.7 Å². The summed E-state index contributed by atoms with van der Waals surface area (Å²) in [6.07, 6.45) is 7.24. The van der Waals surface area contributed by atoms with Crippen LogP contribution >= 0.6 is 0 Å². The summed E-state index contributed by atoms with van der Waals surface area (Å²) in [5, 5.41) is 2.92. The molecule has 1 N–H and O–H groups in total. The van der Waals surface area contributed by atoms with Crippen LogP contribution in [0.1, 0.15) is 24.5 Å². The first-order valence-corrected chi connectivity index (χ1v) is 11.6. The lowest BCUT2D eigenvalue weighted by Crippen LogP contribution is -2.42. The molecule has 2 aromatic carbocycles. The molecule has 0 aliphatic carbocycles. The van der Waals surface area contributed by atoms with Crippen LogP contribution in [0.25, 0.3) is 6.08 Å². The SMILES string of the molecule is COc1cccc(CCOc2cccc(C=C3CCN(C(=O)Nc4cccnc4)CC3C)c2)c1. The van der Waals surface area contributed by atoms with Gasteiger partial charge in [0.2, 0.25) is 0 Å². The number of aromatic nitrogens is 1. The third kappa shape index (κ3) is 6.38. The number of methoxy groups -OCH3 is 1. The minimum atomic E-state index is -0.0784. The van der Waals surface area contributed by atoms with Crippen LogP contribution in [0.4, 0.5) is 10.5 Å². The van der Waals surface area contributed by atoms with Crippen LogP contribution < -0.4 is 14.8 Å². The van der Waals surface area contributed by atoms with E-state index in [1.54, 1.807) is 19.5 Å². The van der Waals surface area contributed by atoms with Crippen molar-refractivity contribution in [2.24, 2.45) is 5.92 Å². The highest BCUT2D eigenvalue weighted by Crippen LogP contribution is 2.26. The monoisotopic (exact) mass is 457 g/mol. The molecular weight excluding hydrogens is 426 g/mol. The number of ether oxygens (including phenoxy) is 2. The molecule has 1 unspecified atom stereocenters. The number of piperidine rings is 1. The second-order valence-electron chi connectivity index (χ2n) is 8.51. The lowest BCUT2D eigenvalue weighted by atomic mass is 9.91. The van der Waals surface area contributed by atoms with Crippen LogP contribution in [0.15, 0.2) is 78.6 Å². The van der Waals surface area contributed by atoms with E-state index in [4.69, 9.17) is 9.47 Å². The van der Waals surface area contributed by atoms with Crippen molar-refractivity contribution < 1.29 is 14.3 Å². The molecule has 176 valence electrons. The van der Waals surface area contributed by atoms with Crippen molar-refractivity contribution in [1.82, 2.24) is 9.88 Å². The minimum absolute atomic E-state index is 0.0784. The molecule has 2 heterocycles. The average molecular weight is 458 g/mol. The highest BCUT2D eigenvalue weighted by atomic mass is 16.5. The topological polar surface area (TPSA) is 63.7 Å². The average Bonchev–Trinajstić information content (AvgIpc) is 2.86. The van der Waals surface area contributed by atoms with Gasteiger partial charge in [-0.1, -0.05) is 42.8 Å². The maximum atomic E-state index is 12.6. The summed E-state index contributed by atoms with van der Waals surface area (Å²) in [4.78, 5) is 18.5. The highest BCUT2D eigenvalue weighted by Gasteiger charge is 2.24. The van der Waals surface area contributed by atoms with Gasteiger partial charge in [0.15, 0.2) is 0 Å². The van der Waals surface area contributed by atoms with E-state index in [1.165, 1.54) is 11.1 Å². The molecule has 1 aromatic heterocycles. The van der Waals surface area contributed by atoms with Crippen molar-refractivity contribution in [3.05, 3.63) is 89.8 Å². The van der Waals surface area contributed by atoms with E-state index in [1.807, 2.05) is 47.4 Å². The molecule has 1 aliphatic rings. The third-order valence-corrected chi connectivity index (χ3v) is 6.00. The molecule has 34 heavy (non-hydrogen) atoms. The van der Waals surface area contributed by atoms with Crippen LogP contribution in [0.2, 0.25) is 0 Å². The Labute approximate surface area is 201 Å². The number of nitrogens with one attached hydrogen (secondary N) is 1. The van der Waals surface area contributed by atoms with Crippen LogP contribution in [-0.4, -0.2) is 42.7 Å². The Balaban J connectivity index is 1.31. The lowest BCUT2D eigenvalue weighted by Gasteiger charge is -2.33. The van der Waals surface area contributed by atoms with Crippen molar-refractivity contribution >= 4 is 17.8 Å². The van der Waals surface area contributed by atoms with Crippen LogP contribution in [0.3, 0.4) is 0 Å². The number of carbonyl (C=O) groups is 1. The van der Waals surface area contributed by atoms with E-state index in [0.717, 1.165) is 29.9 Å². The number of likely N-dealkylation sites (tertiary alicyclic amines) is 1. The molecule has 1 aliphatic heterocycles. The van der Waals surface area contributed by atoms with Gasteiger partial charge in [0.25, 0.3) is 0 Å². The fraction of sp³-hybridized carbons (Fsp3) is 0.286. The fourth-order valence-electron chi connectivity index (χ4n) is 4.11. The summed E-state index contributed by atoms with van der Waals surface area (Å²) in [6, 6.07) is 19.8. The van der Waals surface area contributed by atoms with Crippen molar-refractivity contribution in [3.8, 4) is 11.5 Å². The van der Waals surface area contributed by atoms with Crippen molar-refractivity contribution in [3.63, 3.8) is 0 Å². The first kappa shape index (κ1) is 23.4. The van der Waals surface area contributed by atoms with E-state index >= 15 is 0 Å². The van der Waals surface area contributed by atoms with Gasteiger partial charge in [-0.3, -0.25) is 4.98 Å². The summed E-state index contributed by atoms with van der Waals surface area (Å²) in [5.74, 6) is 2.00. The number of pyridine rings is 1. The molecule has 6 heteroatoms. The summed E-state index contributed by atoms with van der Waals surface area (Å²) in [6.45, 7) is 4.15. The summed E-state index contributed by atoms with van der Waals surface area (Å²) in [5.41, 5.74) is 4.36. The number of nitrogens with zero attached hydrogens (tertiary/aromatic N) is 2. The molecule has 0 saturated carbocycles. The zero-order chi connectivity index (χ0) is 23.8. The molecule has 1 fully saturated rings. The Morgan fingerprint density at radius 2 is 2.00 bits per heavy atom. The second kappa shape index (κ2) is 11.4. The zero-order valence-corrected chi connectivity index (χ0v) is 19.7. The van der Waals surface area contributed by atoms with Gasteiger partial charge in [-0.15, -0.1) is 0 Å². The van der Waals surface area contributed by atoms with Crippen LogP contribution in [-0.2, 0) is 6.42 Å². The van der Waals surface area contributed by atoms with Gasteiger partial charge in [0.1, 0.15) is 11.5 Å². The largest absolute Gasteiger partial charge is 0.497 e. The smallest absolute Gasteiger partial charge is 0.321 e. The van der Waals surface area contributed by atoms with Gasteiger partial charge >= 0.3 is 6.03 Å². The molecule has 1 saturated heterocycles. The molecule has 2 amide bonds. The maximum absolute atomic E-state index is 12.6. The Hall–Kier alpha value is -3.80. The van der Waals surface area contributed by atoms with Crippen molar-refractivity contribution in [2.45, 2.75) is 19.8 Å². The lowest BCUT2D eigenvalue weighted by molar-refractivity contribution is 0.198. The zero-order valence-electron chi connectivity index (χ0n) is 19.7. The van der Waals surface area contributed by atoms with E-state index in [-0.39, 0.29) is 11.9 Å². The second-order valence-corrected chi connectivity index (χ2v) is 8.51. The molecular formula is C28H31N3O3. The number of urea groups is 1. The Morgan fingerprint density at radius 3 is 2.79 bits per heavy atom. The van der Waals surface area contributed by atoms with E-state index in [9.17, 15) is 4.79 Å². The summed E-state index contributed by atoms with van der Waals surface area (Å²) in [7, 11) is 1.68. The number of hydrogen-bond donors (Lipinski definition) is 1. The number of amides is 2. The Kier molecular flexibility index (Phi) is 7.81. The maximum Gasteiger partial charge on any atom is 0.321 e. The van der Waals surface area contributed by atoms with Gasteiger partial charge in [-0.2, -0.15) is 0 Å². The fourth-order valence-corrected chi connectivity index (χ4v) is 4.11. The summed E-state index contributed by atoms with van der Waals surface area (Å²) < 4.78 is 11.3. The molecule has 0 bridgehead atoms. The highest BCUT2D eigenvalue weighted by molar-refractivity contribution is 5.89. The molecule has 6 nitrogen and oxygen atoms in total. The Bertz CT molecular complexity index is 1130. The van der Waals surface area contributed by atoms with Gasteiger partial charge in [0.05, 0.1) is 25.6 Å². The third-order valence-electron chi connectivity index (χ3n) is 6.00. The predicted octanol–water partition coefficient (Wildman–Crippen LogP) is 5.67. The molecule has 0 radical (unpaired) electrons. The molecule has 3 aromatic rings. The number of anilines is 1. The Morgan fingerprint density at radius 1 is 1.15 bits per heavy atom. The number of carbonyl (C=O) groups excluding carboxylic acids is 1. The minimum Gasteiger partial charge on any atom is -0.497 e. The molecule has 0 spiro atoms. The van der Waals surface area contributed by atoms with Crippen LogP contribution in [0, 0.1) is 5.92 Å². The predicted molar refractivity (Wildman–Crippen MR) is 135 cm³/mol. The van der Waals surface area contributed by atoms with Gasteiger partial charge in [0, 0.05) is 25.7 Å². The number of rotatable bonds is 7. The quantitative estimate of drug-likeness (QED) is 0.497. The van der Waals surface area contributed by atoms with E-state index < -0.39 is 0 Å². The normalized spacial score (nSPS) is 16.8. The van der Waals surface area contributed by atoms with E-state index in [2.05, 4.69) is 41.5 Å². The van der Waals surface area contributed by atoms with E-state index in [0.29, 0.717) is 25.4 Å².